The number of carbonyl (C=O) groups excluding carboxylic acids is 1. The predicted octanol–water partition coefficient (Wildman–Crippen LogP) is 5.42. The van der Waals surface area contributed by atoms with E-state index < -0.39 is 0 Å². The summed E-state index contributed by atoms with van der Waals surface area (Å²) in [6.45, 7) is 4.74. The summed E-state index contributed by atoms with van der Waals surface area (Å²) in [4.78, 5) is 16.2. The van der Waals surface area contributed by atoms with Crippen molar-refractivity contribution < 1.29 is 13.9 Å². The molecule has 1 amide bonds. The van der Waals surface area contributed by atoms with Crippen LogP contribution in [0.4, 0.5) is 5.69 Å². The Morgan fingerprint density at radius 1 is 1.21 bits per heavy atom. The molecule has 0 aliphatic rings. The number of ether oxygens (including phenoxy) is 1. The standard InChI is InChI=1S/C23H24N2O3S/c1-14-9-10-29-22(14)13-25(3)15(2)23(26)24-18-12-20-17(11-21(18)27-4)16-7-5-6-8-19(16)28-20/h5-12,15H,13H2,1-4H3,(H,24,26)/t15-/m1/s1. The van der Waals surface area contributed by atoms with Crippen LogP contribution in [-0.2, 0) is 11.3 Å². The van der Waals surface area contributed by atoms with Gasteiger partial charge in [0.25, 0.3) is 0 Å². The van der Waals surface area contributed by atoms with Gasteiger partial charge in [-0.3, -0.25) is 9.69 Å². The van der Waals surface area contributed by atoms with Gasteiger partial charge in [-0.05, 0) is 50.0 Å². The van der Waals surface area contributed by atoms with E-state index in [1.54, 1.807) is 18.4 Å². The molecule has 6 heteroatoms. The summed E-state index contributed by atoms with van der Waals surface area (Å²) >= 11 is 1.71. The van der Waals surface area contributed by atoms with Gasteiger partial charge in [0.05, 0.1) is 18.8 Å². The summed E-state index contributed by atoms with van der Waals surface area (Å²) in [7, 11) is 3.57. The average Bonchev–Trinajstić information content (AvgIpc) is 3.29. The minimum atomic E-state index is -0.299. The fraction of sp³-hybridized carbons (Fsp3) is 0.261. The summed E-state index contributed by atoms with van der Waals surface area (Å²) in [5.74, 6) is 0.525. The maximum atomic E-state index is 12.9. The molecule has 0 unspecified atom stereocenters. The molecular formula is C23H24N2O3S. The second-order valence-corrected chi connectivity index (χ2v) is 8.25. The van der Waals surface area contributed by atoms with Crippen LogP contribution in [0.5, 0.6) is 5.75 Å². The van der Waals surface area contributed by atoms with E-state index in [2.05, 4.69) is 23.7 Å². The van der Waals surface area contributed by atoms with E-state index >= 15 is 0 Å². The maximum Gasteiger partial charge on any atom is 0.241 e. The summed E-state index contributed by atoms with van der Waals surface area (Å²) in [5.41, 5.74) is 3.40. The maximum absolute atomic E-state index is 12.9. The van der Waals surface area contributed by atoms with Gasteiger partial charge in [-0.15, -0.1) is 11.3 Å². The smallest absolute Gasteiger partial charge is 0.241 e. The lowest BCUT2D eigenvalue weighted by Gasteiger charge is -2.24. The van der Waals surface area contributed by atoms with Crippen LogP contribution >= 0.6 is 11.3 Å². The van der Waals surface area contributed by atoms with Crippen LogP contribution < -0.4 is 10.1 Å². The Morgan fingerprint density at radius 3 is 2.72 bits per heavy atom. The number of aryl methyl sites for hydroxylation is 1. The second-order valence-electron chi connectivity index (χ2n) is 7.25. The predicted molar refractivity (Wildman–Crippen MR) is 119 cm³/mol. The van der Waals surface area contributed by atoms with Crippen molar-refractivity contribution in [2.24, 2.45) is 0 Å². The van der Waals surface area contributed by atoms with Gasteiger partial charge >= 0.3 is 0 Å². The van der Waals surface area contributed by atoms with Crippen molar-refractivity contribution in [3.63, 3.8) is 0 Å². The van der Waals surface area contributed by atoms with Crippen molar-refractivity contribution in [3.05, 3.63) is 58.3 Å². The lowest BCUT2D eigenvalue weighted by Crippen LogP contribution is -2.39. The summed E-state index contributed by atoms with van der Waals surface area (Å²) in [6.07, 6.45) is 0. The first-order chi connectivity index (χ1) is 14.0. The number of likely N-dealkylation sites (N-methyl/N-ethyl adjacent to an activating group) is 1. The number of rotatable bonds is 6. The first-order valence-electron chi connectivity index (χ1n) is 9.51. The normalized spacial score (nSPS) is 12.6. The first-order valence-corrected chi connectivity index (χ1v) is 10.4. The number of para-hydroxylation sites is 1. The van der Waals surface area contributed by atoms with Crippen molar-refractivity contribution in [1.29, 1.82) is 0 Å². The molecule has 0 fully saturated rings. The quantitative estimate of drug-likeness (QED) is 0.463. The topological polar surface area (TPSA) is 54.7 Å². The van der Waals surface area contributed by atoms with Crippen LogP contribution in [0.1, 0.15) is 17.4 Å². The summed E-state index contributed by atoms with van der Waals surface area (Å²) in [5, 5.41) is 7.08. The number of thiophene rings is 1. The molecule has 0 saturated carbocycles. The lowest BCUT2D eigenvalue weighted by molar-refractivity contribution is -0.120. The van der Waals surface area contributed by atoms with E-state index in [1.807, 2.05) is 55.3 Å². The fourth-order valence-corrected chi connectivity index (χ4v) is 4.35. The van der Waals surface area contributed by atoms with E-state index in [1.165, 1.54) is 10.4 Å². The van der Waals surface area contributed by atoms with E-state index in [-0.39, 0.29) is 11.9 Å². The number of carbonyl (C=O) groups is 1. The van der Waals surface area contributed by atoms with E-state index in [4.69, 9.17) is 9.15 Å². The van der Waals surface area contributed by atoms with Gasteiger partial charge in [-0.25, -0.2) is 0 Å². The van der Waals surface area contributed by atoms with Gasteiger partial charge in [-0.2, -0.15) is 0 Å². The van der Waals surface area contributed by atoms with E-state index in [9.17, 15) is 4.79 Å². The average molecular weight is 409 g/mol. The SMILES string of the molecule is COc1cc2c(cc1NC(=O)[C@@H](C)N(C)Cc1sccc1C)oc1ccccc12. The molecule has 1 atom stereocenters. The monoisotopic (exact) mass is 408 g/mol. The molecule has 0 saturated heterocycles. The Bertz CT molecular complexity index is 1180. The molecule has 0 radical (unpaired) electrons. The highest BCUT2D eigenvalue weighted by Crippen LogP contribution is 2.36. The van der Waals surface area contributed by atoms with Gasteiger partial charge < -0.3 is 14.5 Å². The Kier molecular flexibility index (Phi) is 5.30. The molecule has 4 aromatic rings. The fourth-order valence-electron chi connectivity index (χ4n) is 3.38. The van der Waals surface area contributed by atoms with Gasteiger partial charge in [-0.1, -0.05) is 18.2 Å². The molecule has 4 rings (SSSR count). The minimum absolute atomic E-state index is 0.0875. The molecule has 2 heterocycles. The number of anilines is 1. The molecule has 0 aliphatic carbocycles. The third-order valence-electron chi connectivity index (χ3n) is 5.36. The molecule has 150 valence electrons. The largest absolute Gasteiger partial charge is 0.495 e. The van der Waals surface area contributed by atoms with Gasteiger partial charge in [0.1, 0.15) is 16.9 Å². The Labute approximate surface area is 173 Å². The lowest BCUT2D eigenvalue weighted by atomic mass is 10.1. The third kappa shape index (κ3) is 3.73. The number of benzene rings is 2. The molecule has 0 spiro atoms. The molecule has 29 heavy (non-hydrogen) atoms. The van der Waals surface area contributed by atoms with Gasteiger partial charge in [0, 0.05) is 28.3 Å². The van der Waals surface area contributed by atoms with Crippen LogP contribution in [-0.4, -0.2) is 31.0 Å². The van der Waals surface area contributed by atoms with Gasteiger partial charge in [0.15, 0.2) is 0 Å². The van der Waals surface area contributed by atoms with Crippen molar-refractivity contribution in [1.82, 2.24) is 4.90 Å². The number of nitrogens with zero attached hydrogens (tertiary/aromatic N) is 1. The number of nitrogens with one attached hydrogen (secondary N) is 1. The number of methoxy groups -OCH3 is 1. The van der Waals surface area contributed by atoms with Crippen LogP contribution in [0, 0.1) is 6.92 Å². The highest BCUT2D eigenvalue weighted by molar-refractivity contribution is 7.10. The summed E-state index contributed by atoms with van der Waals surface area (Å²) in [6, 6.07) is 13.4. The number of hydrogen-bond acceptors (Lipinski definition) is 5. The Hall–Kier alpha value is -2.83. The van der Waals surface area contributed by atoms with Crippen LogP contribution in [0.15, 0.2) is 52.3 Å². The highest BCUT2D eigenvalue weighted by atomic mass is 32.1. The third-order valence-corrected chi connectivity index (χ3v) is 6.37. The molecule has 2 aromatic carbocycles. The molecule has 5 nitrogen and oxygen atoms in total. The Balaban J connectivity index is 1.58. The van der Waals surface area contributed by atoms with Crippen LogP contribution in [0.2, 0.25) is 0 Å². The number of fused-ring (bicyclic) bond motifs is 3. The molecule has 2 aromatic heterocycles. The summed E-state index contributed by atoms with van der Waals surface area (Å²) < 4.78 is 11.5. The molecule has 0 aliphatic heterocycles. The highest BCUT2D eigenvalue weighted by Gasteiger charge is 2.21. The van der Waals surface area contributed by atoms with Crippen LogP contribution in [0.3, 0.4) is 0 Å². The zero-order chi connectivity index (χ0) is 20.5. The number of furan rings is 1. The van der Waals surface area contributed by atoms with Crippen molar-refractivity contribution in [3.8, 4) is 5.75 Å². The molecule has 0 bridgehead atoms. The van der Waals surface area contributed by atoms with E-state index in [0.717, 1.165) is 28.5 Å². The zero-order valence-corrected chi connectivity index (χ0v) is 17.8. The number of hydrogen-bond donors (Lipinski definition) is 1. The Morgan fingerprint density at radius 2 is 2.00 bits per heavy atom. The van der Waals surface area contributed by atoms with E-state index in [0.29, 0.717) is 11.4 Å². The van der Waals surface area contributed by atoms with Gasteiger partial charge in [0.2, 0.25) is 5.91 Å². The van der Waals surface area contributed by atoms with Crippen LogP contribution in [0.25, 0.3) is 21.9 Å². The van der Waals surface area contributed by atoms with Crippen molar-refractivity contribution >= 4 is 44.9 Å². The second kappa shape index (κ2) is 7.89. The zero-order valence-electron chi connectivity index (χ0n) is 17.0. The minimum Gasteiger partial charge on any atom is -0.495 e. The molecular weight excluding hydrogens is 384 g/mol. The van der Waals surface area contributed by atoms with Crippen molar-refractivity contribution in [2.75, 3.05) is 19.5 Å². The first kappa shape index (κ1) is 19.5. The number of amides is 1. The molecule has 1 N–H and O–H groups in total. The van der Waals surface area contributed by atoms with Crippen molar-refractivity contribution in [2.45, 2.75) is 26.4 Å².